The number of hydrogen-bond acceptors (Lipinski definition) is 4. The largest absolute Gasteiger partial charge is 0.505 e. The Balaban J connectivity index is 1.47. The van der Waals surface area contributed by atoms with Gasteiger partial charge in [0, 0.05) is 25.1 Å². The van der Waals surface area contributed by atoms with Crippen molar-refractivity contribution in [3.05, 3.63) is 28.3 Å². The molecular weight excluding hydrogens is 475 g/mol. The van der Waals surface area contributed by atoms with E-state index in [2.05, 4.69) is 10.6 Å². The van der Waals surface area contributed by atoms with Crippen LogP contribution in [-0.2, 0) is 9.59 Å². The molecule has 1 aliphatic heterocycles. The molecule has 0 spiro atoms. The van der Waals surface area contributed by atoms with E-state index >= 15 is 13.2 Å². The number of amides is 4. The second kappa shape index (κ2) is 7.76. The second-order valence-corrected chi connectivity index (χ2v) is 10.7. The minimum Gasteiger partial charge on any atom is -0.505 e. The fourth-order valence-corrected chi connectivity index (χ4v) is 6.72. The molecule has 3 saturated carbocycles. The van der Waals surface area contributed by atoms with Crippen molar-refractivity contribution in [2.24, 2.45) is 17.3 Å². The third kappa shape index (κ3) is 3.44. The van der Waals surface area contributed by atoms with Crippen molar-refractivity contribution in [3.63, 3.8) is 0 Å². The lowest BCUT2D eigenvalue weighted by Gasteiger charge is -2.37. The number of rotatable bonds is 4. The number of nitrogens with one attached hydrogen (secondary N) is 2. The summed E-state index contributed by atoms with van der Waals surface area (Å²) in [7, 11) is 1.36. The molecule has 1 heterocycles. The van der Waals surface area contributed by atoms with Crippen molar-refractivity contribution >= 4 is 29.4 Å². The highest BCUT2D eigenvalue weighted by molar-refractivity contribution is 6.31. The lowest BCUT2D eigenvalue weighted by atomic mass is 9.73. The summed E-state index contributed by atoms with van der Waals surface area (Å²) >= 11 is 5.89. The van der Waals surface area contributed by atoms with Gasteiger partial charge in [-0.05, 0) is 50.4 Å². The molecule has 1 aromatic rings. The number of nitrogens with zero attached hydrogens (tertiary/aromatic N) is 1. The zero-order chi connectivity index (χ0) is 24.6. The molecule has 1 saturated heterocycles. The Bertz CT molecular complexity index is 1070. The van der Waals surface area contributed by atoms with Crippen molar-refractivity contribution in [2.75, 3.05) is 7.05 Å². The average molecular weight is 500 g/mol. The van der Waals surface area contributed by atoms with Gasteiger partial charge in [0.2, 0.25) is 11.8 Å². The van der Waals surface area contributed by atoms with Crippen LogP contribution in [0.2, 0.25) is 5.02 Å². The third-order valence-corrected chi connectivity index (χ3v) is 8.64. The molecule has 5 rings (SSSR count). The van der Waals surface area contributed by atoms with Crippen LogP contribution in [0.4, 0.5) is 18.0 Å². The van der Waals surface area contributed by atoms with Crippen LogP contribution in [0, 0.1) is 28.9 Å². The molecule has 4 fully saturated rings. The summed E-state index contributed by atoms with van der Waals surface area (Å²) in [4.78, 5) is 38.8. The van der Waals surface area contributed by atoms with Crippen molar-refractivity contribution in [3.8, 4) is 5.75 Å². The first kappa shape index (κ1) is 23.3. The Morgan fingerprint density at radius 1 is 1.24 bits per heavy atom. The van der Waals surface area contributed by atoms with Crippen LogP contribution in [0.15, 0.2) is 6.07 Å². The van der Waals surface area contributed by atoms with Gasteiger partial charge in [0.1, 0.15) is 11.5 Å². The van der Waals surface area contributed by atoms with Gasteiger partial charge in [0.15, 0.2) is 11.6 Å². The van der Waals surface area contributed by atoms with Crippen LogP contribution in [-0.4, -0.2) is 46.6 Å². The summed E-state index contributed by atoms with van der Waals surface area (Å²) in [5.41, 5.74) is -2.97. The zero-order valence-corrected chi connectivity index (χ0v) is 19.2. The Hall–Kier alpha value is -2.49. The predicted molar refractivity (Wildman–Crippen MR) is 115 cm³/mol. The third-order valence-electron chi connectivity index (χ3n) is 8.36. The van der Waals surface area contributed by atoms with Gasteiger partial charge in [0.05, 0.1) is 22.5 Å². The summed E-state index contributed by atoms with van der Waals surface area (Å²) in [6.07, 6.45) is 1.46. The van der Waals surface area contributed by atoms with E-state index in [4.69, 9.17) is 11.6 Å². The number of carbonyl (C=O) groups is 3. The Kier molecular flexibility index (Phi) is 5.31. The van der Waals surface area contributed by atoms with Gasteiger partial charge >= 0.3 is 6.03 Å². The summed E-state index contributed by atoms with van der Waals surface area (Å²) < 4.78 is 45.3. The van der Waals surface area contributed by atoms with Gasteiger partial charge < -0.3 is 15.7 Å². The van der Waals surface area contributed by atoms with Crippen LogP contribution in [0.25, 0.3) is 0 Å². The molecule has 4 atom stereocenters. The minimum absolute atomic E-state index is 0.0341. The fraction of sp³-hybridized carbons (Fsp3) is 0.609. The number of imide groups is 1. The van der Waals surface area contributed by atoms with Crippen LogP contribution in [0.5, 0.6) is 5.75 Å². The van der Waals surface area contributed by atoms with Crippen LogP contribution in [0.3, 0.4) is 0 Å². The number of phenolic OH excluding ortho intramolecular Hbond substituents is 1. The Morgan fingerprint density at radius 3 is 2.53 bits per heavy atom. The number of alkyl halides is 1. The lowest BCUT2D eigenvalue weighted by molar-refractivity contribution is -0.133. The Morgan fingerprint density at radius 2 is 1.91 bits per heavy atom. The minimum atomic E-state index is -1.46. The van der Waals surface area contributed by atoms with Crippen LogP contribution >= 0.6 is 11.6 Å². The maximum atomic E-state index is 15.1. The van der Waals surface area contributed by atoms with E-state index < -0.39 is 74.9 Å². The van der Waals surface area contributed by atoms with E-state index in [1.807, 2.05) is 0 Å². The summed E-state index contributed by atoms with van der Waals surface area (Å²) in [5.74, 6) is -5.40. The van der Waals surface area contributed by atoms with Crippen molar-refractivity contribution in [2.45, 2.75) is 62.7 Å². The van der Waals surface area contributed by atoms with Gasteiger partial charge in [-0.15, -0.1) is 0 Å². The summed E-state index contributed by atoms with van der Waals surface area (Å²) in [6.45, 7) is 0. The van der Waals surface area contributed by atoms with E-state index in [0.717, 1.165) is 11.0 Å². The van der Waals surface area contributed by atoms with Crippen LogP contribution < -0.4 is 10.6 Å². The monoisotopic (exact) mass is 499 g/mol. The quantitative estimate of drug-likeness (QED) is 0.550. The van der Waals surface area contributed by atoms with Crippen molar-refractivity contribution in [1.82, 2.24) is 15.5 Å². The molecule has 184 valence electrons. The number of urea groups is 1. The first-order chi connectivity index (χ1) is 15.9. The van der Waals surface area contributed by atoms with Crippen molar-refractivity contribution < 1.29 is 32.7 Å². The molecular formula is C23H25ClF3N3O4. The predicted octanol–water partition coefficient (Wildman–Crippen LogP) is 3.73. The molecule has 11 heteroatoms. The summed E-state index contributed by atoms with van der Waals surface area (Å²) in [5, 5.41) is 14.9. The molecule has 34 heavy (non-hydrogen) atoms. The van der Waals surface area contributed by atoms with Gasteiger partial charge in [-0.25, -0.2) is 18.0 Å². The molecule has 0 aromatic heterocycles. The van der Waals surface area contributed by atoms with Gasteiger partial charge in [-0.2, -0.15) is 0 Å². The molecule has 2 bridgehead atoms. The molecule has 4 aliphatic rings. The molecule has 7 nitrogen and oxygen atoms in total. The number of halogens is 4. The average Bonchev–Trinajstić information content (AvgIpc) is 3.47. The first-order valence-corrected chi connectivity index (χ1v) is 11.8. The molecule has 0 radical (unpaired) electrons. The van der Waals surface area contributed by atoms with Crippen LogP contribution in [0.1, 0.15) is 56.6 Å². The van der Waals surface area contributed by atoms with Gasteiger partial charge in [-0.3, -0.25) is 14.5 Å². The molecule has 1 aromatic carbocycles. The van der Waals surface area contributed by atoms with E-state index in [0.29, 0.717) is 12.8 Å². The lowest BCUT2D eigenvalue weighted by Crippen LogP contribution is -2.56. The maximum Gasteiger partial charge on any atom is 0.324 e. The first-order valence-electron chi connectivity index (χ1n) is 11.4. The van der Waals surface area contributed by atoms with E-state index in [-0.39, 0.29) is 38.0 Å². The number of fused-ring (bicyclic) bond motifs is 3. The van der Waals surface area contributed by atoms with Gasteiger partial charge in [-0.1, -0.05) is 11.6 Å². The standard InChI is InChI=1S/C23H25ClF3N3O4/c1-30-20(33)11-6-10(7-13(11)28-21(30)34)19(32)29-18(22-2-4-23(27,9-22)5-3-22)15-16(25)12(24)8-14(31)17(15)26/h8,10-11,13,18,31H,2-7,9H2,1H3,(H,28,34)(H,29,32)/t10-,11?,13?,18-,22?,23?/m1/s1. The molecule has 2 unspecified atom stereocenters. The highest BCUT2D eigenvalue weighted by atomic mass is 35.5. The molecule has 3 N–H and O–H groups in total. The summed E-state index contributed by atoms with van der Waals surface area (Å²) in [6, 6.07) is -1.55. The van der Waals surface area contributed by atoms with Gasteiger partial charge in [0.25, 0.3) is 0 Å². The topological polar surface area (TPSA) is 98.7 Å². The number of hydrogen-bond donors (Lipinski definition) is 3. The highest BCUT2D eigenvalue weighted by Gasteiger charge is 2.60. The number of carbonyl (C=O) groups excluding carboxylic acids is 3. The zero-order valence-electron chi connectivity index (χ0n) is 18.5. The number of phenols is 1. The molecule has 3 aliphatic carbocycles. The van der Waals surface area contributed by atoms with E-state index in [1.54, 1.807) is 0 Å². The van der Waals surface area contributed by atoms with E-state index in [9.17, 15) is 19.5 Å². The smallest absolute Gasteiger partial charge is 0.324 e. The van der Waals surface area contributed by atoms with Crippen molar-refractivity contribution in [1.29, 1.82) is 0 Å². The number of benzene rings is 1. The fourth-order valence-electron chi connectivity index (χ4n) is 6.51. The number of aromatic hydroxyl groups is 1. The normalized spacial score (nSPS) is 35.3. The maximum absolute atomic E-state index is 15.1. The second-order valence-electron chi connectivity index (χ2n) is 10.3. The molecule has 4 amide bonds. The highest BCUT2D eigenvalue weighted by Crippen LogP contribution is 2.64. The van der Waals surface area contributed by atoms with E-state index in [1.165, 1.54) is 7.05 Å². The SMILES string of the molecule is CN1C(=O)NC2C[C@H](C(=O)N[C@H](c3c(F)c(O)cc(Cl)c3F)C34CCC(F)(CC3)C4)CC2C1=O. The Labute approximate surface area is 199 Å².